The smallest absolute Gasteiger partial charge is 0.191 e. The second kappa shape index (κ2) is 12.5. The number of hydrogen-bond acceptors (Lipinski definition) is 5. The first-order valence-electron chi connectivity index (χ1n) is 11.2. The van der Waals surface area contributed by atoms with E-state index in [1.807, 2.05) is 30.1 Å². The van der Waals surface area contributed by atoms with Crippen molar-refractivity contribution in [2.24, 2.45) is 4.99 Å². The summed E-state index contributed by atoms with van der Waals surface area (Å²) in [4.78, 5) is 6.75. The quantitative estimate of drug-likeness (QED) is 0.243. The highest BCUT2D eigenvalue weighted by Gasteiger charge is 2.24. The fraction of sp³-hybridized carbons (Fsp3) is 0.360. The van der Waals surface area contributed by atoms with Crippen molar-refractivity contribution in [1.82, 2.24) is 20.4 Å². The van der Waals surface area contributed by atoms with Crippen LogP contribution in [0.25, 0.3) is 5.69 Å². The molecule has 0 bridgehead atoms. The minimum Gasteiger partial charge on any atom is -0.497 e. The Kier molecular flexibility index (Phi) is 9.43. The van der Waals surface area contributed by atoms with E-state index in [1.165, 1.54) is 5.56 Å². The first kappa shape index (κ1) is 25.7. The van der Waals surface area contributed by atoms with Gasteiger partial charge in [0.25, 0.3) is 0 Å². The SMILES string of the molecule is CN=C(NCCc1ccc(-n2cccn2)cc1)NC1CCN(c2cc(OC)cc(OC)c2)C1.I. The van der Waals surface area contributed by atoms with E-state index in [4.69, 9.17) is 9.47 Å². The van der Waals surface area contributed by atoms with E-state index in [2.05, 4.69) is 62.0 Å². The fourth-order valence-corrected chi connectivity index (χ4v) is 4.04. The molecule has 8 nitrogen and oxygen atoms in total. The number of aromatic nitrogens is 2. The number of guanidine groups is 1. The van der Waals surface area contributed by atoms with Crippen molar-refractivity contribution in [1.29, 1.82) is 0 Å². The lowest BCUT2D eigenvalue weighted by Gasteiger charge is -2.21. The molecule has 0 aliphatic carbocycles. The number of ether oxygens (including phenoxy) is 2. The second-order valence-corrected chi connectivity index (χ2v) is 8.01. The van der Waals surface area contributed by atoms with Crippen LogP contribution in [0.5, 0.6) is 11.5 Å². The molecule has 0 radical (unpaired) electrons. The van der Waals surface area contributed by atoms with E-state index in [0.717, 1.165) is 61.3 Å². The molecule has 0 amide bonds. The molecule has 1 atom stereocenters. The Labute approximate surface area is 218 Å². The lowest BCUT2D eigenvalue weighted by Crippen LogP contribution is -2.45. The van der Waals surface area contributed by atoms with Crippen LogP contribution in [0, 0.1) is 0 Å². The average molecular weight is 576 g/mol. The van der Waals surface area contributed by atoms with Gasteiger partial charge in [0.1, 0.15) is 11.5 Å². The van der Waals surface area contributed by atoms with Crippen LogP contribution in [0.2, 0.25) is 0 Å². The van der Waals surface area contributed by atoms with Crippen molar-refractivity contribution in [2.45, 2.75) is 18.9 Å². The number of aliphatic imine (C=N–C) groups is 1. The van der Waals surface area contributed by atoms with Gasteiger partial charge in [0.05, 0.1) is 19.9 Å². The Morgan fingerprint density at radius 3 is 2.44 bits per heavy atom. The van der Waals surface area contributed by atoms with E-state index < -0.39 is 0 Å². The van der Waals surface area contributed by atoms with Gasteiger partial charge in [0.2, 0.25) is 0 Å². The number of methoxy groups -OCH3 is 2. The Morgan fingerprint density at radius 2 is 1.82 bits per heavy atom. The molecular formula is C25H33IN6O2. The lowest BCUT2D eigenvalue weighted by molar-refractivity contribution is 0.394. The van der Waals surface area contributed by atoms with E-state index in [1.54, 1.807) is 20.4 Å². The van der Waals surface area contributed by atoms with Crippen molar-refractivity contribution in [2.75, 3.05) is 45.8 Å². The molecule has 1 saturated heterocycles. The normalized spacial score (nSPS) is 15.6. The molecule has 2 N–H and O–H groups in total. The fourth-order valence-electron chi connectivity index (χ4n) is 4.04. The van der Waals surface area contributed by atoms with Gasteiger partial charge in [0.15, 0.2) is 5.96 Å². The van der Waals surface area contributed by atoms with Gasteiger partial charge in [0, 0.05) is 69.0 Å². The zero-order chi connectivity index (χ0) is 23.0. The molecule has 2 heterocycles. The average Bonchev–Trinajstić information content (AvgIpc) is 3.56. The zero-order valence-electron chi connectivity index (χ0n) is 19.9. The molecule has 1 aliphatic rings. The lowest BCUT2D eigenvalue weighted by atomic mass is 10.1. The predicted molar refractivity (Wildman–Crippen MR) is 147 cm³/mol. The predicted octanol–water partition coefficient (Wildman–Crippen LogP) is 3.49. The molecule has 0 saturated carbocycles. The van der Waals surface area contributed by atoms with Gasteiger partial charge < -0.3 is 25.0 Å². The highest BCUT2D eigenvalue weighted by Crippen LogP contribution is 2.30. The summed E-state index contributed by atoms with van der Waals surface area (Å²) in [6.45, 7) is 2.67. The minimum absolute atomic E-state index is 0. The third-order valence-corrected chi connectivity index (χ3v) is 5.87. The zero-order valence-corrected chi connectivity index (χ0v) is 22.2. The summed E-state index contributed by atoms with van der Waals surface area (Å²) < 4.78 is 12.7. The van der Waals surface area contributed by atoms with E-state index in [0.29, 0.717) is 6.04 Å². The Hall–Kier alpha value is -2.95. The molecule has 2 aromatic carbocycles. The van der Waals surface area contributed by atoms with E-state index in [9.17, 15) is 0 Å². The number of nitrogens with zero attached hydrogens (tertiary/aromatic N) is 4. The van der Waals surface area contributed by atoms with Crippen LogP contribution in [0.3, 0.4) is 0 Å². The number of benzene rings is 2. The van der Waals surface area contributed by atoms with Crippen LogP contribution in [0.4, 0.5) is 5.69 Å². The van der Waals surface area contributed by atoms with E-state index >= 15 is 0 Å². The second-order valence-electron chi connectivity index (χ2n) is 8.01. The maximum atomic E-state index is 5.42. The first-order chi connectivity index (χ1) is 16.2. The molecule has 1 aliphatic heterocycles. The molecule has 3 aromatic rings. The molecule has 0 spiro atoms. The van der Waals surface area contributed by atoms with Crippen molar-refractivity contribution in [3.8, 4) is 17.2 Å². The summed E-state index contributed by atoms with van der Waals surface area (Å²) in [6.07, 6.45) is 5.68. The van der Waals surface area contributed by atoms with Gasteiger partial charge in [-0.05, 0) is 36.6 Å². The summed E-state index contributed by atoms with van der Waals surface area (Å²) in [6, 6.07) is 16.7. The van der Waals surface area contributed by atoms with Crippen molar-refractivity contribution in [3.63, 3.8) is 0 Å². The van der Waals surface area contributed by atoms with Gasteiger partial charge in [-0.2, -0.15) is 5.10 Å². The first-order valence-corrected chi connectivity index (χ1v) is 11.2. The standard InChI is InChI=1S/C25H32N6O2.HI/c1-26-25(27-12-9-19-5-7-21(8-6-19)31-13-4-11-28-31)29-20-10-14-30(18-20)22-15-23(32-2)17-24(16-22)33-3;/h4-8,11,13,15-17,20H,9-10,12,14,18H2,1-3H3,(H2,26,27,29);1H. The third kappa shape index (κ3) is 6.55. The van der Waals surface area contributed by atoms with Crippen LogP contribution in [0.1, 0.15) is 12.0 Å². The van der Waals surface area contributed by atoms with Gasteiger partial charge in [-0.3, -0.25) is 4.99 Å². The van der Waals surface area contributed by atoms with Crippen molar-refractivity contribution < 1.29 is 9.47 Å². The maximum Gasteiger partial charge on any atom is 0.191 e. The summed E-state index contributed by atoms with van der Waals surface area (Å²) in [5.74, 6) is 2.44. The van der Waals surface area contributed by atoms with Gasteiger partial charge in [-0.1, -0.05) is 12.1 Å². The summed E-state index contributed by atoms with van der Waals surface area (Å²) >= 11 is 0. The molecule has 34 heavy (non-hydrogen) atoms. The largest absolute Gasteiger partial charge is 0.497 e. The van der Waals surface area contributed by atoms with Gasteiger partial charge in [-0.25, -0.2) is 4.68 Å². The van der Waals surface area contributed by atoms with Crippen LogP contribution in [-0.2, 0) is 6.42 Å². The highest BCUT2D eigenvalue weighted by atomic mass is 127. The molecular weight excluding hydrogens is 543 g/mol. The molecule has 1 unspecified atom stereocenters. The Bertz CT molecular complexity index is 1030. The number of anilines is 1. The Morgan fingerprint density at radius 1 is 1.09 bits per heavy atom. The summed E-state index contributed by atoms with van der Waals surface area (Å²) in [5.41, 5.74) is 3.44. The van der Waals surface area contributed by atoms with Crippen molar-refractivity contribution in [3.05, 3.63) is 66.5 Å². The monoisotopic (exact) mass is 576 g/mol. The highest BCUT2D eigenvalue weighted by molar-refractivity contribution is 14.0. The van der Waals surface area contributed by atoms with Crippen LogP contribution < -0.4 is 25.0 Å². The maximum absolute atomic E-state index is 5.42. The van der Waals surface area contributed by atoms with Crippen LogP contribution in [-0.4, -0.2) is 62.7 Å². The molecule has 1 fully saturated rings. The van der Waals surface area contributed by atoms with Crippen molar-refractivity contribution >= 4 is 35.6 Å². The number of hydrogen-bond donors (Lipinski definition) is 2. The number of halogens is 1. The van der Waals surface area contributed by atoms with Gasteiger partial charge in [-0.15, -0.1) is 24.0 Å². The van der Waals surface area contributed by atoms with Crippen LogP contribution >= 0.6 is 24.0 Å². The molecule has 182 valence electrons. The third-order valence-electron chi connectivity index (χ3n) is 5.87. The van der Waals surface area contributed by atoms with E-state index in [-0.39, 0.29) is 24.0 Å². The molecule has 1 aromatic heterocycles. The van der Waals surface area contributed by atoms with Gasteiger partial charge >= 0.3 is 0 Å². The molecule has 9 heteroatoms. The Balaban J connectivity index is 0.00000324. The number of nitrogens with one attached hydrogen (secondary N) is 2. The number of rotatable bonds is 8. The summed E-state index contributed by atoms with van der Waals surface area (Å²) in [7, 11) is 5.17. The van der Waals surface area contributed by atoms with Crippen LogP contribution in [0.15, 0.2) is 65.9 Å². The topological polar surface area (TPSA) is 75.9 Å². The minimum atomic E-state index is 0. The summed E-state index contributed by atoms with van der Waals surface area (Å²) in [5, 5.41) is 11.3. The molecule has 4 rings (SSSR count).